The standard InChI is InChI=1S/C26H35N3O4S/c1-33-23-11-9-22(10-12-23)25(28-16-2-3-17-28)20-27-26(30)15-8-21-6-13-24(14-7-21)34(31,32)29-18-4-5-19-29/h6-7,9-14,25H,2-5,8,15-20H2,1H3,(H,27,30). The van der Waals surface area contributed by atoms with Crippen molar-refractivity contribution in [3.63, 3.8) is 0 Å². The lowest BCUT2D eigenvalue weighted by atomic mass is 10.0. The van der Waals surface area contributed by atoms with Gasteiger partial charge in [-0.3, -0.25) is 9.69 Å². The van der Waals surface area contributed by atoms with Crippen LogP contribution in [0.5, 0.6) is 5.75 Å². The number of nitrogens with zero attached hydrogens (tertiary/aromatic N) is 2. The van der Waals surface area contributed by atoms with Gasteiger partial charge in [-0.25, -0.2) is 8.42 Å². The molecular formula is C26H35N3O4S. The van der Waals surface area contributed by atoms with Gasteiger partial charge in [0.15, 0.2) is 0 Å². The van der Waals surface area contributed by atoms with E-state index in [9.17, 15) is 13.2 Å². The molecular weight excluding hydrogens is 450 g/mol. The summed E-state index contributed by atoms with van der Waals surface area (Å²) >= 11 is 0. The minimum absolute atomic E-state index is 0.00599. The Bertz CT molecular complexity index is 1040. The molecule has 8 heteroatoms. The van der Waals surface area contributed by atoms with Gasteiger partial charge in [0.25, 0.3) is 0 Å². The zero-order chi connectivity index (χ0) is 24.0. The number of ether oxygens (including phenoxy) is 1. The van der Waals surface area contributed by atoms with Crippen molar-refractivity contribution in [2.75, 3.05) is 39.8 Å². The van der Waals surface area contributed by atoms with Gasteiger partial charge in [-0.2, -0.15) is 4.31 Å². The number of amides is 1. The Labute approximate surface area is 203 Å². The number of aryl methyl sites for hydroxylation is 1. The smallest absolute Gasteiger partial charge is 0.243 e. The Kier molecular flexibility index (Phi) is 8.24. The van der Waals surface area contributed by atoms with Crippen LogP contribution in [-0.2, 0) is 21.2 Å². The van der Waals surface area contributed by atoms with Crippen molar-refractivity contribution in [1.82, 2.24) is 14.5 Å². The number of benzene rings is 2. The summed E-state index contributed by atoms with van der Waals surface area (Å²) in [6, 6.07) is 15.2. The largest absolute Gasteiger partial charge is 0.497 e. The number of carbonyl (C=O) groups excluding carboxylic acids is 1. The Morgan fingerprint density at radius 3 is 2.18 bits per heavy atom. The fourth-order valence-electron chi connectivity index (χ4n) is 4.80. The Hall–Kier alpha value is -2.42. The molecule has 0 saturated carbocycles. The van der Waals surface area contributed by atoms with Crippen molar-refractivity contribution in [1.29, 1.82) is 0 Å². The van der Waals surface area contributed by atoms with Crippen LogP contribution >= 0.6 is 0 Å². The zero-order valence-corrected chi connectivity index (χ0v) is 20.7. The fraction of sp³-hybridized carbons (Fsp3) is 0.500. The summed E-state index contributed by atoms with van der Waals surface area (Å²) in [5, 5.41) is 3.12. The molecule has 0 spiro atoms. The highest BCUT2D eigenvalue weighted by Crippen LogP contribution is 2.26. The first-order chi connectivity index (χ1) is 16.5. The molecule has 2 heterocycles. The topological polar surface area (TPSA) is 78.9 Å². The second kappa shape index (κ2) is 11.3. The Balaban J connectivity index is 1.30. The number of hydrogen-bond acceptors (Lipinski definition) is 5. The molecule has 2 aromatic rings. The van der Waals surface area contributed by atoms with Crippen molar-refractivity contribution >= 4 is 15.9 Å². The van der Waals surface area contributed by atoms with E-state index >= 15 is 0 Å². The van der Waals surface area contributed by atoms with E-state index in [0.717, 1.165) is 37.2 Å². The van der Waals surface area contributed by atoms with E-state index in [1.165, 1.54) is 18.4 Å². The highest BCUT2D eigenvalue weighted by atomic mass is 32.2. The third-order valence-electron chi connectivity index (χ3n) is 6.84. The summed E-state index contributed by atoms with van der Waals surface area (Å²) in [7, 11) is -1.74. The zero-order valence-electron chi connectivity index (χ0n) is 19.9. The van der Waals surface area contributed by atoms with Crippen molar-refractivity contribution in [3.8, 4) is 5.75 Å². The fourth-order valence-corrected chi connectivity index (χ4v) is 6.32. The highest BCUT2D eigenvalue weighted by molar-refractivity contribution is 7.89. The molecule has 1 N–H and O–H groups in total. The first kappa shape index (κ1) is 24.7. The second-order valence-electron chi connectivity index (χ2n) is 9.09. The predicted octanol–water partition coefficient (Wildman–Crippen LogP) is 3.37. The van der Waals surface area contributed by atoms with E-state index in [0.29, 0.717) is 37.4 Å². The lowest BCUT2D eigenvalue weighted by Crippen LogP contribution is -2.36. The maximum absolute atomic E-state index is 12.7. The number of rotatable bonds is 10. The van der Waals surface area contributed by atoms with Crippen LogP contribution in [0.15, 0.2) is 53.4 Å². The lowest BCUT2D eigenvalue weighted by Gasteiger charge is -2.28. The lowest BCUT2D eigenvalue weighted by molar-refractivity contribution is -0.121. The Morgan fingerprint density at radius 1 is 0.941 bits per heavy atom. The van der Waals surface area contributed by atoms with E-state index in [-0.39, 0.29) is 11.9 Å². The number of sulfonamides is 1. The maximum atomic E-state index is 12.7. The van der Waals surface area contributed by atoms with Crippen molar-refractivity contribution in [3.05, 3.63) is 59.7 Å². The minimum Gasteiger partial charge on any atom is -0.497 e. The molecule has 1 unspecified atom stereocenters. The van der Waals surface area contributed by atoms with Crippen LogP contribution in [-0.4, -0.2) is 63.4 Å². The van der Waals surface area contributed by atoms with Gasteiger partial charge in [-0.15, -0.1) is 0 Å². The monoisotopic (exact) mass is 485 g/mol. The quantitative estimate of drug-likeness (QED) is 0.558. The SMILES string of the molecule is COc1ccc(C(CNC(=O)CCc2ccc(S(=O)(=O)N3CCCC3)cc2)N2CCCC2)cc1. The van der Waals surface area contributed by atoms with Gasteiger partial charge < -0.3 is 10.1 Å². The predicted molar refractivity (Wildman–Crippen MR) is 132 cm³/mol. The maximum Gasteiger partial charge on any atom is 0.243 e. The number of carbonyl (C=O) groups is 1. The molecule has 4 rings (SSSR count). The average molecular weight is 486 g/mol. The molecule has 2 saturated heterocycles. The molecule has 1 atom stereocenters. The van der Waals surface area contributed by atoms with Gasteiger partial charge >= 0.3 is 0 Å². The van der Waals surface area contributed by atoms with Gasteiger partial charge in [0.2, 0.25) is 15.9 Å². The van der Waals surface area contributed by atoms with Gasteiger partial charge in [0, 0.05) is 26.1 Å². The molecule has 7 nitrogen and oxygen atoms in total. The summed E-state index contributed by atoms with van der Waals surface area (Å²) in [6.45, 7) is 3.84. The molecule has 0 aliphatic carbocycles. The summed E-state index contributed by atoms with van der Waals surface area (Å²) in [4.78, 5) is 15.4. The van der Waals surface area contributed by atoms with Crippen LogP contribution in [0.25, 0.3) is 0 Å². The van der Waals surface area contributed by atoms with Crippen LogP contribution in [0, 0.1) is 0 Å². The molecule has 2 aliphatic heterocycles. The first-order valence-electron chi connectivity index (χ1n) is 12.2. The molecule has 184 valence electrons. The number of methoxy groups -OCH3 is 1. The molecule has 0 aromatic heterocycles. The summed E-state index contributed by atoms with van der Waals surface area (Å²) in [5.41, 5.74) is 2.14. The van der Waals surface area contributed by atoms with Crippen molar-refractivity contribution in [2.24, 2.45) is 0 Å². The summed E-state index contributed by atoms with van der Waals surface area (Å²) in [6.07, 6.45) is 5.15. The number of likely N-dealkylation sites (tertiary alicyclic amines) is 1. The van der Waals surface area contributed by atoms with Crippen molar-refractivity contribution < 1.29 is 17.9 Å². The third-order valence-corrected chi connectivity index (χ3v) is 8.75. The van der Waals surface area contributed by atoms with Crippen LogP contribution < -0.4 is 10.1 Å². The van der Waals surface area contributed by atoms with Gasteiger partial charge in [0.05, 0.1) is 18.0 Å². The molecule has 2 fully saturated rings. The molecule has 1 amide bonds. The molecule has 2 aliphatic rings. The van der Waals surface area contributed by atoms with Crippen LogP contribution in [0.2, 0.25) is 0 Å². The third kappa shape index (κ3) is 5.98. The van der Waals surface area contributed by atoms with E-state index in [1.54, 1.807) is 23.5 Å². The van der Waals surface area contributed by atoms with Crippen LogP contribution in [0.3, 0.4) is 0 Å². The molecule has 34 heavy (non-hydrogen) atoms. The van der Waals surface area contributed by atoms with Gasteiger partial charge in [0.1, 0.15) is 5.75 Å². The van der Waals surface area contributed by atoms with Crippen LogP contribution in [0.4, 0.5) is 0 Å². The van der Waals surface area contributed by atoms with Crippen molar-refractivity contribution in [2.45, 2.75) is 49.5 Å². The van der Waals surface area contributed by atoms with Crippen LogP contribution in [0.1, 0.15) is 49.3 Å². The summed E-state index contributed by atoms with van der Waals surface area (Å²) < 4.78 is 32.2. The average Bonchev–Trinajstić information content (AvgIpc) is 3.59. The normalized spacial score (nSPS) is 18.1. The molecule has 0 radical (unpaired) electrons. The Morgan fingerprint density at radius 2 is 1.56 bits per heavy atom. The minimum atomic E-state index is -3.40. The van der Waals surface area contributed by atoms with E-state index in [1.807, 2.05) is 24.3 Å². The number of nitrogens with one attached hydrogen (secondary N) is 1. The van der Waals surface area contributed by atoms with E-state index in [4.69, 9.17) is 4.74 Å². The number of hydrogen-bond donors (Lipinski definition) is 1. The van der Waals surface area contributed by atoms with Gasteiger partial charge in [-0.1, -0.05) is 24.3 Å². The second-order valence-corrected chi connectivity index (χ2v) is 11.0. The van der Waals surface area contributed by atoms with E-state index in [2.05, 4.69) is 22.3 Å². The first-order valence-corrected chi connectivity index (χ1v) is 13.7. The molecule has 2 aromatic carbocycles. The summed E-state index contributed by atoms with van der Waals surface area (Å²) in [5.74, 6) is 0.832. The van der Waals surface area contributed by atoms with E-state index < -0.39 is 10.0 Å². The molecule has 0 bridgehead atoms. The van der Waals surface area contributed by atoms with Gasteiger partial charge in [-0.05, 0) is 80.6 Å². The highest BCUT2D eigenvalue weighted by Gasteiger charge is 2.27.